The van der Waals surface area contributed by atoms with Crippen LogP contribution in [0.15, 0.2) is 24.3 Å². The molecule has 1 aliphatic heterocycles. The van der Waals surface area contributed by atoms with Crippen LogP contribution >= 0.6 is 0 Å². The zero-order valence-electron chi connectivity index (χ0n) is 12.6. The summed E-state index contributed by atoms with van der Waals surface area (Å²) in [4.78, 5) is 13.0. The summed E-state index contributed by atoms with van der Waals surface area (Å²) < 4.78 is 11.1. The first kappa shape index (κ1) is 15.2. The van der Waals surface area contributed by atoms with Crippen molar-refractivity contribution in [2.24, 2.45) is 5.92 Å². The third-order valence-corrected chi connectivity index (χ3v) is 4.28. The third kappa shape index (κ3) is 3.96. The molecule has 0 aromatic heterocycles. The Morgan fingerprint density at radius 2 is 2.14 bits per heavy atom. The molecule has 1 aliphatic carbocycles. The molecule has 0 bridgehead atoms. The topological polar surface area (TPSA) is 64.8 Å². The lowest BCUT2D eigenvalue weighted by Gasteiger charge is -2.24. The van der Waals surface area contributed by atoms with E-state index in [1.165, 1.54) is 18.9 Å². The fraction of sp³-hybridized carbons (Fsp3) is 0.625. The van der Waals surface area contributed by atoms with Crippen LogP contribution in [0.3, 0.4) is 0 Å². The van der Waals surface area contributed by atoms with E-state index in [2.05, 4.69) is 4.90 Å². The van der Waals surface area contributed by atoms with Gasteiger partial charge in [-0.05, 0) is 31.2 Å². The number of rotatable bonds is 8. The van der Waals surface area contributed by atoms with Crippen molar-refractivity contribution in [1.82, 2.24) is 4.90 Å². The Balaban J connectivity index is 1.51. The maximum absolute atomic E-state index is 11.0. The minimum absolute atomic E-state index is 0.0321. The number of para-hydroxylation sites is 2. The van der Waals surface area contributed by atoms with Gasteiger partial charge in [0.05, 0.1) is 11.5 Å². The van der Waals surface area contributed by atoms with E-state index in [-0.39, 0.29) is 5.69 Å². The van der Waals surface area contributed by atoms with E-state index in [0.29, 0.717) is 24.3 Å². The first-order valence-electron chi connectivity index (χ1n) is 7.92. The molecule has 1 saturated carbocycles. The average molecular weight is 306 g/mol. The highest BCUT2D eigenvalue weighted by Crippen LogP contribution is 2.29. The molecular weight excluding hydrogens is 284 g/mol. The molecule has 6 heteroatoms. The predicted molar refractivity (Wildman–Crippen MR) is 82.1 cm³/mol. The van der Waals surface area contributed by atoms with Gasteiger partial charge in [-0.2, -0.15) is 0 Å². The predicted octanol–water partition coefficient (Wildman–Crippen LogP) is 2.47. The number of ether oxygens (including phenoxy) is 2. The lowest BCUT2D eigenvalue weighted by Crippen LogP contribution is -2.35. The second-order valence-corrected chi connectivity index (χ2v) is 6.03. The molecule has 22 heavy (non-hydrogen) atoms. The average Bonchev–Trinajstić information content (AvgIpc) is 3.24. The third-order valence-electron chi connectivity index (χ3n) is 4.28. The Morgan fingerprint density at radius 3 is 2.82 bits per heavy atom. The number of benzene rings is 1. The van der Waals surface area contributed by atoms with Gasteiger partial charge in [0.1, 0.15) is 6.61 Å². The van der Waals surface area contributed by atoms with Gasteiger partial charge in [0.25, 0.3) is 0 Å². The molecule has 0 N–H and O–H groups in total. The van der Waals surface area contributed by atoms with Crippen molar-refractivity contribution in [2.75, 3.05) is 32.9 Å². The molecule has 2 aliphatic rings. The Morgan fingerprint density at radius 1 is 1.32 bits per heavy atom. The molecule has 0 spiro atoms. The summed E-state index contributed by atoms with van der Waals surface area (Å²) in [7, 11) is 0. The van der Waals surface area contributed by atoms with Crippen molar-refractivity contribution < 1.29 is 14.4 Å². The minimum Gasteiger partial charge on any atom is -0.485 e. The van der Waals surface area contributed by atoms with Crippen LogP contribution in [0.1, 0.15) is 19.3 Å². The summed E-state index contributed by atoms with van der Waals surface area (Å²) >= 11 is 0. The fourth-order valence-electron chi connectivity index (χ4n) is 2.92. The van der Waals surface area contributed by atoms with Crippen LogP contribution in [0.2, 0.25) is 0 Å². The van der Waals surface area contributed by atoms with Gasteiger partial charge in [-0.1, -0.05) is 12.1 Å². The molecule has 0 amide bonds. The molecule has 6 nitrogen and oxygen atoms in total. The van der Waals surface area contributed by atoms with Gasteiger partial charge in [0.15, 0.2) is 5.75 Å². The maximum Gasteiger partial charge on any atom is 0.310 e. The Bertz CT molecular complexity index is 513. The minimum atomic E-state index is -0.399. The Hall–Kier alpha value is -1.66. The Labute approximate surface area is 130 Å². The van der Waals surface area contributed by atoms with E-state index in [1.807, 2.05) is 0 Å². The molecule has 2 fully saturated rings. The second kappa shape index (κ2) is 7.07. The lowest BCUT2D eigenvalue weighted by molar-refractivity contribution is -0.385. The van der Waals surface area contributed by atoms with Gasteiger partial charge in [-0.3, -0.25) is 15.0 Å². The second-order valence-electron chi connectivity index (χ2n) is 6.03. The van der Waals surface area contributed by atoms with Crippen molar-refractivity contribution in [3.05, 3.63) is 34.4 Å². The maximum atomic E-state index is 11.0. The van der Waals surface area contributed by atoms with Crippen molar-refractivity contribution in [3.63, 3.8) is 0 Å². The lowest BCUT2D eigenvalue weighted by atomic mass is 10.1. The highest BCUT2D eigenvalue weighted by atomic mass is 16.6. The molecule has 120 valence electrons. The number of nitro benzene ring substituents is 1. The summed E-state index contributed by atoms with van der Waals surface area (Å²) in [5.74, 6) is 0.971. The van der Waals surface area contributed by atoms with Gasteiger partial charge in [0.2, 0.25) is 0 Å². The molecule has 0 radical (unpaired) electrons. The summed E-state index contributed by atoms with van der Waals surface area (Å²) in [6.45, 7) is 4.07. The first-order valence-corrected chi connectivity index (χ1v) is 7.92. The molecule has 3 rings (SSSR count). The van der Waals surface area contributed by atoms with E-state index >= 15 is 0 Å². The van der Waals surface area contributed by atoms with Crippen molar-refractivity contribution in [3.8, 4) is 5.75 Å². The molecule has 1 aromatic rings. The van der Waals surface area contributed by atoms with E-state index in [4.69, 9.17) is 9.47 Å². The van der Waals surface area contributed by atoms with E-state index < -0.39 is 4.92 Å². The largest absolute Gasteiger partial charge is 0.485 e. The van der Waals surface area contributed by atoms with E-state index in [9.17, 15) is 10.1 Å². The standard InChI is InChI=1S/C16H22N2O4/c19-18(20)15-3-1-2-4-16(15)22-10-8-17(14-5-6-14)11-13-7-9-21-12-13/h1-4,13-14H,5-12H2. The number of nitrogens with zero attached hydrogens (tertiary/aromatic N) is 2. The summed E-state index contributed by atoms with van der Waals surface area (Å²) in [5, 5.41) is 11.0. The number of nitro groups is 1. The van der Waals surface area contributed by atoms with E-state index in [0.717, 1.165) is 32.7 Å². The summed E-state index contributed by atoms with van der Waals surface area (Å²) in [5.41, 5.74) is 0.0321. The summed E-state index contributed by atoms with van der Waals surface area (Å²) in [6.07, 6.45) is 3.63. The molecular formula is C16H22N2O4. The van der Waals surface area contributed by atoms with Crippen LogP contribution in [-0.4, -0.2) is 48.8 Å². The highest BCUT2D eigenvalue weighted by molar-refractivity contribution is 5.45. The SMILES string of the molecule is O=[N+]([O-])c1ccccc1OCCN(CC1CCOC1)C1CC1. The highest BCUT2D eigenvalue weighted by Gasteiger charge is 2.31. The first-order chi connectivity index (χ1) is 10.7. The monoisotopic (exact) mass is 306 g/mol. The van der Waals surface area contributed by atoms with Crippen LogP contribution < -0.4 is 4.74 Å². The molecule has 1 saturated heterocycles. The smallest absolute Gasteiger partial charge is 0.310 e. The van der Waals surface area contributed by atoms with Crippen molar-refractivity contribution >= 4 is 5.69 Å². The van der Waals surface area contributed by atoms with Crippen LogP contribution in [0, 0.1) is 16.0 Å². The van der Waals surface area contributed by atoms with Crippen LogP contribution in [0.25, 0.3) is 0 Å². The quantitative estimate of drug-likeness (QED) is 0.545. The molecule has 1 heterocycles. The van der Waals surface area contributed by atoms with Crippen LogP contribution in [0.4, 0.5) is 5.69 Å². The normalized spacial score (nSPS) is 21.2. The molecule has 1 atom stereocenters. The molecule has 1 unspecified atom stereocenters. The zero-order chi connectivity index (χ0) is 15.4. The zero-order valence-corrected chi connectivity index (χ0v) is 12.6. The van der Waals surface area contributed by atoms with Crippen LogP contribution in [0.5, 0.6) is 5.75 Å². The number of hydrogen-bond acceptors (Lipinski definition) is 5. The fourth-order valence-corrected chi connectivity index (χ4v) is 2.92. The van der Waals surface area contributed by atoms with Gasteiger partial charge in [-0.25, -0.2) is 0 Å². The van der Waals surface area contributed by atoms with Gasteiger partial charge in [0, 0.05) is 31.8 Å². The van der Waals surface area contributed by atoms with Gasteiger partial charge < -0.3 is 9.47 Å². The van der Waals surface area contributed by atoms with Gasteiger partial charge >= 0.3 is 5.69 Å². The van der Waals surface area contributed by atoms with E-state index in [1.54, 1.807) is 18.2 Å². The van der Waals surface area contributed by atoms with Crippen molar-refractivity contribution in [1.29, 1.82) is 0 Å². The number of hydrogen-bond donors (Lipinski definition) is 0. The molecule has 1 aromatic carbocycles. The summed E-state index contributed by atoms with van der Waals surface area (Å²) in [6, 6.07) is 7.21. The van der Waals surface area contributed by atoms with Crippen LogP contribution in [-0.2, 0) is 4.74 Å². The Kier molecular flexibility index (Phi) is 4.90. The van der Waals surface area contributed by atoms with Gasteiger partial charge in [-0.15, -0.1) is 0 Å². The van der Waals surface area contributed by atoms with Crippen molar-refractivity contribution in [2.45, 2.75) is 25.3 Å².